The molecule has 0 bridgehead atoms. The summed E-state index contributed by atoms with van der Waals surface area (Å²) < 4.78 is 56.1. The van der Waals surface area contributed by atoms with Crippen LogP contribution in [0.15, 0.2) is 83.9 Å². The highest BCUT2D eigenvalue weighted by atomic mass is 32.2. The van der Waals surface area contributed by atoms with Crippen molar-refractivity contribution in [2.75, 3.05) is 17.3 Å². The monoisotopic (exact) mass is 602 g/mol. The van der Waals surface area contributed by atoms with Gasteiger partial charge < -0.3 is 21.5 Å². The number of nitrogens with two attached hydrogens (primary N) is 1. The summed E-state index contributed by atoms with van der Waals surface area (Å²) in [5.74, 6) is -2.58. The fourth-order valence-electron chi connectivity index (χ4n) is 4.05. The standard InChI is InChI=1S/C27H28N4O3S.C2HF3O2/c1-3-18-7-6-9-20(15-18)25(31-22-11-12-23-19(16-22)13-14-29-26(23)28)27(32)30-17-21-8-4-5-10-24(21)35(2,33)34;3-2(4,5)1(6)7/h4-16,25,31H,3,17H2,1-2H3,(H2,28,29)(H,30,32);(H,6,7). The lowest BCUT2D eigenvalue weighted by atomic mass is 10.0. The maximum Gasteiger partial charge on any atom is 0.490 e. The Labute approximate surface area is 240 Å². The van der Waals surface area contributed by atoms with E-state index in [-0.39, 0.29) is 17.3 Å². The minimum absolute atomic E-state index is 0.0909. The zero-order chi connectivity index (χ0) is 31.1. The number of carbonyl (C=O) groups excluding carboxylic acids is 1. The first kappa shape index (κ1) is 31.9. The van der Waals surface area contributed by atoms with E-state index in [0.717, 1.165) is 40.3 Å². The van der Waals surface area contributed by atoms with Crippen molar-refractivity contribution in [3.8, 4) is 0 Å². The second-order valence-electron chi connectivity index (χ2n) is 9.21. The number of sulfone groups is 1. The molecule has 42 heavy (non-hydrogen) atoms. The number of carboxylic acid groups (broad SMARTS) is 1. The Kier molecular flexibility index (Phi) is 10.1. The third-order valence-electron chi connectivity index (χ3n) is 6.13. The first-order valence-electron chi connectivity index (χ1n) is 12.6. The van der Waals surface area contributed by atoms with Gasteiger partial charge in [-0.2, -0.15) is 13.2 Å². The molecule has 1 atom stereocenters. The lowest BCUT2D eigenvalue weighted by Gasteiger charge is -2.21. The number of rotatable bonds is 8. The van der Waals surface area contributed by atoms with Crippen molar-refractivity contribution in [3.05, 3.63) is 95.7 Å². The largest absolute Gasteiger partial charge is 0.490 e. The number of alkyl halides is 3. The van der Waals surface area contributed by atoms with Gasteiger partial charge in [-0.05, 0) is 58.8 Å². The molecule has 0 aliphatic carbocycles. The number of anilines is 2. The lowest BCUT2D eigenvalue weighted by molar-refractivity contribution is -0.192. The van der Waals surface area contributed by atoms with Crippen LogP contribution in [0.1, 0.15) is 29.7 Å². The number of aromatic nitrogens is 1. The van der Waals surface area contributed by atoms with Crippen LogP contribution in [0.2, 0.25) is 0 Å². The van der Waals surface area contributed by atoms with Gasteiger partial charge in [-0.25, -0.2) is 18.2 Å². The molecule has 5 N–H and O–H groups in total. The van der Waals surface area contributed by atoms with E-state index < -0.39 is 28.0 Å². The molecule has 1 unspecified atom stereocenters. The molecule has 0 aliphatic rings. The predicted molar refractivity (Wildman–Crippen MR) is 153 cm³/mol. The first-order valence-corrected chi connectivity index (χ1v) is 14.4. The number of aliphatic carboxylic acids is 1. The Morgan fingerprint density at radius 3 is 2.36 bits per heavy atom. The molecule has 0 saturated heterocycles. The molecule has 1 heterocycles. The number of halogens is 3. The number of hydrogen-bond acceptors (Lipinski definition) is 7. The molecule has 1 aromatic heterocycles. The molecular weight excluding hydrogens is 573 g/mol. The van der Waals surface area contributed by atoms with Crippen molar-refractivity contribution in [1.29, 1.82) is 0 Å². The number of fused-ring (bicyclic) bond motifs is 1. The molecular formula is C29H29F3N4O5S. The fraction of sp³-hybridized carbons (Fsp3) is 0.207. The van der Waals surface area contributed by atoms with Gasteiger partial charge in [0.15, 0.2) is 9.84 Å². The SMILES string of the molecule is CCc1cccc(C(Nc2ccc3c(N)nccc3c2)C(=O)NCc2ccccc2S(C)(=O)=O)c1.O=C(O)C(F)(F)F. The predicted octanol–water partition coefficient (Wildman–Crippen LogP) is 4.89. The summed E-state index contributed by atoms with van der Waals surface area (Å²) in [4.78, 5) is 26.7. The maximum absolute atomic E-state index is 13.4. The number of pyridine rings is 1. The second-order valence-corrected chi connectivity index (χ2v) is 11.2. The van der Waals surface area contributed by atoms with Crippen LogP contribution in [-0.2, 0) is 32.4 Å². The topological polar surface area (TPSA) is 151 Å². The highest BCUT2D eigenvalue weighted by Crippen LogP contribution is 2.27. The van der Waals surface area contributed by atoms with Crippen molar-refractivity contribution in [1.82, 2.24) is 10.3 Å². The summed E-state index contributed by atoms with van der Waals surface area (Å²) in [5, 5.41) is 15.1. The summed E-state index contributed by atoms with van der Waals surface area (Å²) in [6.07, 6.45) is -1.43. The summed E-state index contributed by atoms with van der Waals surface area (Å²) in [6.45, 7) is 2.15. The molecule has 0 radical (unpaired) electrons. The Balaban J connectivity index is 0.000000616. The van der Waals surface area contributed by atoms with E-state index in [9.17, 15) is 26.4 Å². The number of benzene rings is 3. The average Bonchev–Trinajstić information content (AvgIpc) is 2.94. The van der Waals surface area contributed by atoms with Crippen LogP contribution >= 0.6 is 0 Å². The zero-order valence-electron chi connectivity index (χ0n) is 22.6. The van der Waals surface area contributed by atoms with Crippen LogP contribution in [0.5, 0.6) is 0 Å². The Morgan fingerprint density at radius 1 is 1.02 bits per heavy atom. The highest BCUT2D eigenvalue weighted by molar-refractivity contribution is 7.90. The number of carbonyl (C=O) groups is 2. The van der Waals surface area contributed by atoms with Gasteiger partial charge in [0.25, 0.3) is 0 Å². The third kappa shape index (κ3) is 8.43. The normalized spacial score (nSPS) is 12.1. The van der Waals surface area contributed by atoms with E-state index in [2.05, 4.69) is 22.5 Å². The van der Waals surface area contributed by atoms with Crippen molar-refractivity contribution < 1.29 is 36.3 Å². The Morgan fingerprint density at radius 2 is 1.71 bits per heavy atom. The van der Waals surface area contributed by atoms with Gasteiger partial charge in [-0.1, -0.05) is 49.4 Å². The Bertz CT molecular complexity index is 1690. The third-order valence-corrected chi connectivity index (χ3v) is 7.33. The molecule has 4 aromatic rings. The number of nitrogens with zero attached hydrogens (tertiary/aromatic N) is 1. The van der Waals surface area contributed by atoms with E-state index >= 15 is 0 Å². The molecule has 9 nitrogen and oxygen atoms in total. The summed E-state index contributed by atoms with van der Waals surface area (Å²) in [6, 6.07) is 21.4. The molecule has 0 spiro atoms. The number of nitrogen functional groups attached to an aromatic ring is 1. The van der Waals surface area contributed by atoms with Gasteiger partial charge in [0.2, 0.25) is 5.91 Å². The van der Waals surface area contributed by atoms with Gasteiger partial charge >= 0.3 is 12.1 Å². The number of amides is 1. The van der Waals surface area contributed by atoms with Gasteiger partial charge in [0.1, 0.15) is 11.9 Å². The minimum atomic E-state index is -5.08. The summed E-state index contributed by atoms with van der Waals surface area (Å²) in [7, 11) is -3.42. The molecule has 0 fully saturated rings. The van der Waals surface area contributed by atoms with E-state index in [1.807, 2.05) is 48.5 Å². The van der Waals surface area contributed by atoms with Crippen molar-refractivity contribution in [2.24, 2.45) is 0 Å². The van der Waals surface area contributed by atoms with Crippen molar-refractivity contribution in [2.45, 2.75) is 37.0 Å². The van der Waals surface area contributed by atoms with Gasteiger partial charge in [-0.15, -0.1) is 0 Å². The van der Waals surface area contributed by atoms with E-state index in [4.69, 9.17) is 15.6 Å². The molecule has 222 valence electrons. The molecule has 3 aromatic carbocycles. The molecule has 13 heteroatoms. The Hall–Kier alpha value is -4.65. The van der Waals surface area contributed by atoms with Crippen LogP contribution in [0.25, 0.3) is 10.8 Å². The number of aryl methyl sites for hydroxylation is 1. The van der Waals surface area contributed by atoms with Crippen LogP contribution in [0.4, 0.5) is 24.7 Å². The molecule has 1 amide bonds. The molecule has 0 saturated carbocycles. The summed E-state index contributed by atoms with van der Waals surface area (Å²) >= 11 is 0. The number of carboxylic acids is 1. The lowest BCUT2D eigenvalue weighted by Crippen LogP contribution is -2.33. The molecule has 0 aliphatic heterocycles. The van der Waals surface area contributed by atoms with Gasteiger partial charge in [-0.3, -0.25) is 4.79 Å². The highest BCUT2D eigenvalue weighted by Gasteiger charge is 2.38. The van der Waals surface area contributed by atoms with Crippen LogP contribution < -0.4 is 16.4 Å². The zero-order valence-corrected chi connectivity index (χ0v) is 23.5. The quantitative estimate of drug-likeness (QED) is 0.223. The minimum Gasteiger partial charge on any atom is -0.475 e. The first-order chi connectivity index (χ1) is 19.7. The van der Waals surface area contributed by atoms with Crippen LogP contribution in [0, 0.1) is 0 Å². The van der Waals surface area contributed by atoms with Gasteiger partial charge in [0, 0.05) is 30.1 Å². The smallest absolute Gasteiger partial charge is 0.475 e. The number of nitrogens with one attached hydrogen (secondary N) is 2. The maximum atomic E-state index is 13.4. The van der Waals surface area contributed by atoms with E-state index in [0.29, 0.717) is 11.4 Å². The van der Waals surface area contributed by atoms with Crippen molar-refractivity contribution >= 4 is 44.0 Å². The second kappa shape index (κ2) is 13.3. The van der Waals surface area contributed by atoms with E-state index in [1.54, 1.807) is 30.5 Å². The average molecular weight is 603 g/mol. The van der Waals surface area contributed by atoms with Crippen LogP contribution in [0.3, 0.4) is 0 Å². The van der Waals surface area contributed by atoms with Gasteiger partial charge in [0.05, 0.1) is 4.90 Å². The van der Waals surface area contributed by atoms with Crippen LogP contribution in [-0.4, -0.2) is 42.8 Å². The molecule has 4 rings (SSSR count). The fourth-order valence-corrected chi connectivity index (χ4v) is 4.99. The summed E-state index contributed by atoms with van der Waals surface area (Å²) in [5.41, 5.74) is 9.19. The number of hydrogen-bond donors (Lipinski definition) is 4. The van der Waals surface area contributed by atoms with E-state index in [1.165, 1.54) is 0 Å². The van der Waals surface area contributed by atoms with Crippen molar-refractivity contribution in [3.63, 3.8) is 0 Å².